The van der Waals surface area contributed by atoms with Crippen molar-refractivity contribution in [2.45, 2.75) is 29.7 Å². The van der Waals surface area contributed by atoms with Crippen LogP contribution >= 0.6 is 62.2 Å². The number of carbonyl (C=O) groups is 2. The number of thioether (sulfide) groups is 1. The zero-order valence-electron chi connectivity index (χ0n) is 25.8. The smallest absolute Gasteiger partial charge is 0.301 e. The number of aromatic nitrogens is 2. The first kappa shape index (κ1) is 34.8. The number of rotatable bonds is 10. The van der Waals surface area contributed by atoms with Crippen molar-refractivity contribution in [1.29, 1.82) is 0 Å². The van der Waals surface area contributed by atoms with Gasteiger partial charge >= 0.3 is 5.91 Å². The molecule has 1 fully saturated rings. The first-order chi connectivity index (χ1) is 23.5. The van der Waals surface area contributed by atoms with Crippen molar-refractivity contribution >= 4 is 84.8 Å². The topological polar surface area (TPSA) is 122 Å². The molecule has 4 aromatic carbocycles. The van der Waals surface area contributed by atoms with E-state index in [1.165, 1.54) is 29.8 Å². The zero-order chi connectivity index (χ0) is 34.8. The molecule has 1 atom stereocenters. The predicted molar refractivity (Wildman–Crippen MR) is 195 cm³/mol. The summed E-state index contributed by atoms with van der Waals surface area (Å²) in [7, 11) is 1.38. The third kappa shape index (κ3) is 7.43. The molecular formula is C35H26BrCl2N3O6S2. The average molecular weight is 800 g/mol. The lowest BCUT2D eigenvalue weighted by Gasteiger charge is -2.23. The first-order valence-electron chi connectivity index (χ1n) is 14.6. The molecule has 1 unspecified atom stereocenters. The number of aliphatic hydroxyl groups excluding tert-OH is 1. The quantitative estimate of drug-likeness (QED) is 0.0469. The van der Waals surface area contributed by atoms with E-state index in [9.17, 15) is 19.8 Å². The highest BCUT2D eigenvalue weighted by Gasteiger charge is 2.48. The van der Waals surface area contributed by atoms with Crippen molar-refractivity contribution in [1.82, 2.24) is 10.2 Å². The number of Topliss-reactive ketones (excluding diaryl/α,β-unsaturated/α-hetero) is 1. The number of aromatic hydroxyl groups is 1. The number of amides is 1. The summed E-state index contributed by atoms with van der Waals surface area (Å²) in [6.45, 7) is 2.36. The van der Waals surface area contributed by atoms with Gasteiger partial charge in [-0.15, -0.1) is 10.2 Å². The molecule has 0 aliphatic carbocycles. The van der Waals surface area contributed by atoms with E-state index in [1.807, 2.05) is 37.3 Å². The van der Waals surface area contributed by atoms with Gasteiger partial charge < -0.3 is 19.7 Å². The molecule has 1 aliphatic heterocycles. The monoisotopic (exact) mass is 797 g/mol. The number of aryl methyl sites for hydroxylation is 1. The van der Waals surface area contributed by atoms with E-state index in [0.29, 0.717) is 43.6 Å². The Morgan fingerprint density at radius 2 is 1.82 bits per heavy atom. The van der Waals surface area contributed by atoms with Crippen LogP contribution in [0.4, 0.5) is 5.13 Å². The normalized spacial score (nSPS) is 15.5. The molecule has 1 saturated heterocycles. The number of carbonyl (C=O) groups excluding carboxylic acids is 2. The van der Waals surface area contributed by atoms with Crippen LogP contribution in [0.1, 0.15) is 33.9 Å². The van der Waals surface area contributed by atoms with Crippen LogP contribution in [0.15, 0.2) is 93.2 Å². The summed E-state index contributed by atoms with van der Waals surface area (Å²) in [5.74, 6) is -1.26. The van der Waals surface area contributed by atoms with Crippen LogP contribution in [0.3, 0.4) is 0 Å². The summed E-state index contributed by atoms with van der Waals surface area (Å²) < 4.78 is 12.1. The molecule has 250 valence electrons. The van der Waals surface area contributed by atoms with Gasteiger partial charge in [-0.05, 0) is 88.1 Å². The molecule has 0 spiro atoms. The van der Waals surface area contributed by atoms with Crippen LogP contribution in [0.5, 0.6) is 17.2 Å². The number of ketones is 1. The fraction of sp³-hybridized carbons (Fsp3) is 0.143. The molecule has 1 amide bonds. The zero-order valence-corrected chi connectivity index (χ0v) is 30.5. The van der Waals surface area contributed by atoms with Gasteiger partial charge in [-0.1, -0.05) is 82.2 Å². The van der Waals surface area contributed by atoms with Crippen LogP contribution in [0, 0.1) is 6.92 Å². The number of phenols is 1. The summed E-state index contributed by atoms with van der Waals surface area (Å²) in [6, 6.07) is 21.7. The van der Waals surface area contributed by atoms with E-state index < -0.39 is 23.5 Å². The Labute approximate surface area is 308 Å². The van der Waals surface area contributed by atoms with Gasteiger partial charge in [0.1, 0.15) is 18.1 Å². The Morgan fingerprint density at radius 1 is 1.04 bits per heavy atom. The van der Waals surface area contributed by atoms with E-state index in [2.05, 4.69) is 26.1 Å². The minimum absolute atomic E-state index is 0.0958. The van der Waals surface area contributed by atoms with Gasteiger partial charge in [0.05, 0.1) is 23.2 Å². The summed E-state index contributed by atoms with van der Waals surface area (Å²) in [4.78, 5) is 28.7. The molecule has 0 bridgehead atoms. The van der Waals surface area contributed by atoms with Gasteiger partial charge in [0.25, 0.3) is 5.78 Å². The van der Waals surface area contributed by atoms with Crippen LogP contribution in [0.25, 0.3) is 5.76 Å². The van der Waals surface area contributed by atoms with E-state index in [-0.39, 0.29) is 26.7 Å². The Hall–Kier alpha value is -4.07. The molecule has 1 aromatic heterocycles. The molecular weight excluding hydrogens is 773 g/mol. The maximum atomic E-state index is 13.7. The first-order valence-corrected chi connectivity index (χ1v) is 18.0. The van der Waals surface area contributed by atoms with Crippen molar-refractivity contribution in [3.8, 4) is 17.2 Å². The summed E-state index contributed by atoms with van der Waals surface area (Å²) >= 11 is 18.2. The lowest BCUT2D eigenvalue weighted by atomic mass is 9.95. The minimum atomic E-state index is -1.14. The molecule has 0 radical (unpaired) electrons. The maximum Gasteiger partial charge on any atom is 0.301 e. The highest BCUT2D eigenvalue weighted by atomic mass is 79.9. The molecule has 5 aromatic rings. The van der Waals surface area contributed by atoms with E-state index in [4.69, 9.17) is 32.7 Å². The third-order valence-electron chi connectivity index (χ3n) is 7.61. The van der Waals surface area contributed by atoms with Crippen molar-refractivity contribution in [2.75, 3.05) is 12.0 Å². The summed E-state index contributed by atoms with van der Waals surface area (Å²) in [6.07, 6.45) is 0. The van der Waals surface area contributed by atoms with Crippen molar-refractivity contribution in [3.05, 3.63) is 127 Å². The Morgan fingerprint density at radius 3 is 2.53 bits per heavy atom. The SMILES string of the molecule is COc1cc(C2C(=C(O)c3ccc(OCc4cccc(C)c4)cc3)C(=O)C(=O)N2c2nnc(SCc3ccc(Cl)cc3Cl)s2)cc(Br)c1O. The van der Waals surface area contributed by atoms with Gasteiger partial charge in [-0.25, -0.2) is 0 Å². The number of hydrogen-bond acceptors (Lipinski definition) is 10. The largest absolute Gasteiger partial charge is 0.507 e. The number of nitrogens with zero attached hydrogens (tertiary/aromatic N) is 3. The van der Waals surface area contributed by atoms with Gasteiger partial charge in [-0.3, -0.25) is 14.5 Å². The highest BCUT2D eigenvalue weighted by molar-refractivity contribution is 9.10. The molecule has 9 nitrogen and oxygen atoms in total. The lowest BCUT2D eigenvalue weighted by molar-refractivity contribution is -0.132. The number of methoxy groups -OCH3 is 1. The minimum Gasteiger partial charge on any atom is -0.507 e. The van der Waals surface area contributed by atoms with Gasteiger partial charge in [0.15, 0.2) is 15.8 Å². The molecule has 2 N–H and O–H groups in total. The number of anilines is 1. The summed E-state index contributed by atoms with van der Waals surface area (Å²) in [5.41, 5.74) is 3.46. The van der Waals surface area contributed by atoms with Crippen molar-refractivity contribution in [3.63, 3.8) is 0 Å². The van der Waals surface area contributed by atoms with E-state index >= 15 is 0 Å². The number of phenolic OH excluding ortho intramolecular Hbond substituents is 1. The van der Waals surface area contributed by atoms with Gasteiger partial charge in [0.2, 0.25) is 5.13 Å². The summed E-state index contributed by atoms with van der Waals surface area (Å²) in [5, 5.41) is 31.8. The molecule has 2 heterocycles. The number of ether oxygens (including phenoxy) is 2. The highest BCUT2D eigenvalue weighted by Crippen LogP contribution is 2.47. The fourth-order valence-electron chi connectivity index (χ4n) is 5.22. The standard InChI is InChI=1S/C35H26BrCl2N3O6S2/c1-18-4-3-5-19(12-18)16-47-24-10-7-20(8-11-24)30(42)28-29(22-13-25(36)31(43)27(14-22)46-2)41(33(45)32(28)44)34-39-40-35(49-34)48-17-21-6-9-23(37)15-26(21)38/h3-15,29,42-43H,16-17H2,1-2H3. The Bertz CT molecular complexity index is 2110. The molecule has 0 saturated carbocycles. The third-order valence-corrected chi connectivity index (χ3v) is 10.9. The Kier molecular flexibility index (Phi) is 10.5. The number of benzene rings is 4. The second-order valence-electron chi connectivity index (χ2n) is 10.9. The molecule has 14 heteroatoms. The lowest BCUT2D eigenvalue weighted by Crippen LogP contribution is -2.29. The second-order valence-corrected chi connectivity index (χ2v) is 14.8. The average Bonchev–Trinajstić information content (AvgIpc) is 3.66. The molecule has 49 heavy (non-hydrogen) atoms. The maximum absolute atomic E-state index is 13.7. The van der Waals surface area contributed by atoms with Crippen LogP contribution < -0.4 is 14.4 Å². The number of halogens is 3. The van der Waals surface area contributed by atoms with Gasteiger partial charge in [0, 0.05) is 21.4 Å². The molecule has 6 rings (SSSR count). The number of aliphatic hydroxyl groups is 1. The predicted octanol–water partition coefficient (Wildman–Crippen LogP) is 9.13. The Balaban J connectivity index is 1.35. The van der Waals surface area contributed by atoms with Crippen LogP contribution in [-0.2, 0) is 21.9 Å². The number of hydrogen-bond donors (Lipinski definition) is 2. The van der Waals surface area contributed by atoms with Crippen LogP contribution in [-0.4, -0.2) is 39.2 Å². The van der Waals surface area contributed by atoms with E-state index in [0.717, 1.165) is 28.0 Å². The van der Waals surface area contributed by atoms with E-state index in [1.54, 1.807) is 42.5 Å². The van der Waals surface area contributed by atoms with Crippen molar-refractivity contribution < 1.29 is 29.3 Å². The van der Waals surface area contributed by atoms with Crippen LogP contribution in [0.2, 0.25) is 10.0 Å². The van der Waals surface area contributed by atoms with Crippen molar-refractivity contribution in [2.24, 2.45) is 0 Å². The second kappa shape index (κ2) is 14.8. The molecule has 1 aliphatic rings. The fourth-order valence-corrected chi connectivity index (χ4v) is 8.11. The van der Waals surface area contributed by atoms with Gasteiger partial charge in [-0.2, -0.15) is 0 Å².